The van der Waals surface area contributed by atoms with Crippen LogP contribution in [0.1, 0.15) is 6.92 Å². The van der Waals surface area contributed by atoms with Crippen molar-refractivity contribution < 1.29 is 23.6 Å². The van der Waals surface area contributed by atoms with Crippen molar-refractivity contribution in [2.75, 3.05) is 7.11 Å². The highest BCUT2D eigenvalue weighted by Gasteiger charge is 2.25. The number of methoxy groups -OCH3 is 1. The maximum atomic E-state index is 13.0. The minimum Gasteiger partial charge on any atom is -0.471 e. The molecule has 0 radical (unpaired) electrons. The first-order valence-corrected chi connectivity index (χ1v) is 5.54. The smallest absolute Gasteiger partial charge is 0.346 e. The molecule has 0 aromatic heterocycles. The minimum atomic E-state index is -1.05. The molecule has 0 spiro atoms. The van der Waals surface area contributed by atoms with Gasteiger partial charge in [0.2, 0.25) is 5.75 Å². The Morgan fingerprint density at radius 2 is 2.17 bits per heavy atom. The van der Waals surface area contributed by atoms with Crippen LogP contribution in [0.15, 0.2) is 16.6 Å². The Hall–Kier alpha value is -1.70. The summed E-state index contributed by atoms with van der Waals surface area (Å²) in [7, 11) is 1.16. The molecule has 6 nitrogen and oxygen atoms in total. The van der Waals surface area contributed by atoms with Crippen molar-refractivity contribution in [1.82, 2.24) is 0 Å². The number of benzene rings is 1. The van der Waals surface area contributed by atoms with Crippen molar-refractivity contribution in [2.24, 2.45) is 0 Å². The number of hydrogen-bond acceptors (Lipinski definition) is 5. The van der Waals surface area contributed by atoms with E-state index in [-0.39, 0.29) is 10.2 Å². The lowest BCUT2D eigenvalue weighted by atomic mass is 10.3. The monoisotopic (exact) mass is 321 g/mol. The molecule has 0 aliphatic heterocycles. The predicted molar refractivity (Wildman–Crippen MR) is 62.9 cm³/mol. The standard InChI is InChI=1S/C10H9BrFNO5/c1-5(10(14)17-2)18-9-7(11)3-6(12)4-8(9)13(15)16/h3-5H,1-2H3/t5-/m1/s1. The van der Waals surface area contributed by atoms with E-state index in [0.29, 0.717) is 6.07 Å². The molecule has 0 saturated carbocycles. The molecule has 1 aromatic carbocycles. The maximum absolute atomic E-state index is 13.0. The molecular weight excluding hydrogens is 313 g/mol. The van der Waals surface area contributed by atoms with Crippen molar-refractivity contribution in [1.29, 1.82) is 0 Å². The first-order valence-electron chi connectivity index (χ1n) is 4.74. The average molecular weight is 322 g/mol. The molecule has 0 amide bonds. The molecule has 18 heavy (non-hydrogen) atoms. The lowest BCUT2D eigenvalue weighted by Crippen LogP contribution is -2.25. The molecule has 0 aliphatic carbocycles. The van der Waals surface area contributed by atoms with Crippen LogP contribution in [0.3, 0.4) is 0 Å². The van der Waals surface area contributed by atoms with E-state index in [1.165, 1.54) is 6.92 Å². The van der Waals surface area contributed by atoms with Gasteiger partial charge in [-0.25, -0.2) is 9.18 Å². The zero-order chi connectivity index (χ0) is 13.9. The van der Waals surface area contributed by atoms with Crippen LogP contribution in [0.25, 0.3) is 0 Å². The highest BCUT2D eigenvalue weighted by atomic mass is 79.9. The Kier molecular flexibility index (Phi) is 4.60. The van der Waals surface area contributed by atoms with Gasteiger partial charge in [0.25, 0.3) is 0 Å². The van der Waals surface area contributed by atoms with Crippen molar-refractivity contribution in [2.45, 2.75) is 13.0 Å². The first-order chi connectivity index (χ1) is 8.36. The van der Waals surface area contributed by atoms with Crippen LogP contribution in [0.2, 0.25) is 0 Å². The summed E-state index contributed by atoms with van der Waals surface area (Å²) >= 11 is 2.94. The van der Waals surface area contributed by atoms with E-state index in [1.807, 2.05) is 0 Å². The van der Waals surface area contributed by atoms with E-state index in [9.17, 15) is 19.3 Å². The zero-order valence-corrected chi connectivity index (χ0v) is 11.1. The van der Waals surface area contributed by atoms with Gasteiger partial charge in [-0.2, -0.15) is 0 Å². The van der Waals surface area contributed by atoms with Crippen LogP contribution < -0.4 is 4.74 Å². The van der Waals surface area contributed by atoms with Gasteiger partial charge in [0.15, 0.2) is 6.10 Å². The topological polar surface area (TPSA) is 78.7 Å². The van der Waals surface area contributed by atoms with Crippen LogP contribution >= 0.6 is 15.9 Å². The second-order valence-electron chi connectivity index (χ2n) is 3.28. The summed E-state index contributed by atoms with van der Waals surface area (Å²) in [5.74, 6) is -1.70. The molecule has 0 aliphatic rings. The van der Waals surface area contributed by atoms with Gasteiger partial charge in [-0.3, -0.25) is 10.1 Å². The molecule has 0 heterocycles. The van der Waals surface area contributed by atoms with E-state index in [4.69, 9.17) is 4.74 Å². The van der Waals surface area contributed by atoms with Crippen molar-refractivity contribution in [3.05, 3.63) is 32.5 Å². The number of carbonyl (C=O) groups is 1. The van der Waals surface area contributed by atoms with Gasteiger partial charge in [0, 0.05) is 0 Å². The number of ether oxygens (including phenoxy) is 2. The number of esters is 1. The van der Waals surface area contributed by atoms with E-state index < -0.39 is 28.5 Å². The molecular formula is C10H9BrFNO5. The summed E-state index contributed by atoms with van der Waals surface area (Å²) in [6.07, 6.45) is -1.05. The van der Waals surface area contributed by atoms with Crippen molar-refractivity contribution in [3.63, 3.8) is 0 Å². The molecule has 0 unspecified atom stereocenters. The summed E-state index contributed by atoms with van der Waals surface area (Å²) in [6.45, 7) is 1.37. The number of halogens is 2. The number of nitro groups is 1. The minimum absolute atomic E-state index is 0.0463. The van der Waals surface area contributed by atoms with Gasteiger partial charge in [-0.15, -0.1) is 0 Å². The molecule has 98 valence electrons. The first kappa shape index (κ1) is 14.4. The van der Waals surface area contributed by atoms with Gasteiger partial charge in [0.05, 0.1) is 22.6 Å². The molecule has 0 bridgehead atoms. The quantitative estimate of drug-likeness (QED) is 0.483. The summed E-state index contributed by atoms with van der Waals surface area (Å²) in [5.41, 5.74) is -0.572. The largest absolute Gasteiger partial charge is 0.471 e. The van der Waals surface area contributed by atoms with E-state index in [1.54, 1.807) is 0 Å². The lowest BCUT2D eigenvalue weighted by molar-refractivity contribution is -0.386. The Bertz CT molecular complexity index is 493. The highest BCUT2D eigenvalue weighted by Crippen LogP contribution is 2.36. The van der Waals surface area contributed by atoms with Crippen molar-refractivity contribution >= 4 is 27.6 Å². The van der Waals surface area contributed by atoms with Gasteiger partial charge in [-0.1, -0.05) is 0 Å². The predicted octanol–water partition coefficient (Wildman–Crippen LogP) is 2.44. The van der Waals surface area contributed by atoms with E-state index in [2.05, 4.69) is 20.7 Å². The second kappa shape index (κ2) is 5.76. The fourth-order valence-electron chi connectivity index (χ4n) is 1.19. The Morgan fingerprint density at radius 3 is 2.67 bits per heavy atom. The second-order valence-corrected chi connectivity index (χ2v) is 4.13. The molecule has 1 aromatic rings. The van der Waals surface area contributed by atoms with Crippen LogP contribution in [0, 0.1) is 15.9 Å². The number of hydrogen-bond donors (Lipinski definition) is 0. The molecule has 1 rings (SSSR count). The number of nitrogens with zero attached hydrogens (tertiary/aromatic N) is 1. The number of carbonyl (C=O) groups excluding carboxylic acids is 1. The van der Waals surface area contributed by atoms with Crippen LogP contribution in [-0.2, 0) is 9.53 Å². The Labute approximate surface area is 110 Å². The average Bonchev–Trinajstić information content (AvgIpc) is 2.30. The van der Waals surface area contributed by atoms with Crippen LogP contribution in [0.5, 0.6) is 5.75 Å². The normalized spacial score (nSPS) is 11.8. The molecule has 0 fully saturated rings. The third-order valence-corrected chi connectivity index (χ3v) is 2.60. The SMILES string of the molecule is COC(=O)[C@@H](C)Oc1c(Br)cc(F)cc1[N+](=O)[O-]. The summed E-state index contributed by atoms with van der Waals surface area (Å²) in [6, 6.07) is 1.72. The highest BCUT2D eigenvalue weighted by molar-refractivity contribution is 9.10. The summed E-state index contributed by atoms with van der Waals surface area (Å²) in [4.78, 5) is 21.1. The van der Waals surface area contributed by atoms with Gasteiger partial charge in [0.1, 0.15) is 5.82 Å². The summed E-state index contributed by atoms with van der Waals surface area (Å²) < 4.78 is 22.6. The Balaban J connectivity index is 3.15. The zero-order valence-electron chi connectivity index (χ0n) is 9.48. The molecule has 0 N–H and O–H groups in total. The molecule has 0 saturated heterocycles. The summed E-state index contributed by atoms with van der Waals surface area (Å²) in [5, 5.41) is 10.8. The van der Waals surface area contributed by atoms with Gasteiger partial charge >= 0.3 is 11.7 Å². The molecule has 8 heteroatoms. The number of nitro benzene ring substituents is 1. The third kappa shape index (κ3) is 3.16. The van der Waals surface area contributed by atoms with Gasteiger partial charge < -0.3 is 9.47 Å². The van der Waals surface area contributed by atoms with E-state index in [0.717, 1.165) is 13.2 Å². The number of rotatable bonds is 4. The van der Waals surface area contributed by atoms with Crippen molar-refractivity contribution in [3.8, 4) is 5.75 Å². The fraction of sp³-hybridized carbons (Fsp3) is 0.300. The third-order valence-electron chi connectivity index (χ3n) is 2.01. The Morgan fingerprint density at radius 1 is 1.56 bits per heavy atom. The maximum Gasteiger partial charge on any atom is 0.346 e. The van der Waals surface area contributed by atoms with Gasteiger partial charge in [-0.05, 0) is 28.9 Å². The lowest BCUT2D eigenvalue weighted by Gasteiger charge is -2.13. The van der Waals surface area contributed by atoms with E-state index >= 15 is 0 Å². The fourth-order valence-corrected chi connectivity index (χ4v) is 1.71. The molecule has 1 atom stereocenters. The van der Waals surface area contributed by atoms with Crippen LogP contribution in [0.4, 0.5) is 10.1 Å². The van der Waals surface area contributed by atoms with Crippen LogP contribution in [-0.4, -0.2) is 24.1 Å².